The third kappa shape index (κ3) is 18.4. The molecule has 0 aromatic heterocycles. The molecule has 0 bridgehead atoms. The fourth-order valence-electron chi connectivity index (χ4n) is 0.248. The zero-order valence-corrected chi connectivity index (χ0v) is 7.13. The van der Waals surface area contributed by atoms with Crippen molar-refractivity contribution in [2.24, 2.45) is 0 Å². The van der Waals surface area contributed by atoms with E-state index in [4.69, 9.17) is 0 Å². The van der Waals surface area contributed by atoms with E-state index in [0.29, 0.717) is 4.99 Å². The first-order valence-electron chi connectivity index (χ1n) is 2.91. The van der Waals surface area contributed by atoms with Crippen molar-refractivity contribution in [2.75, 3.05) is 0 Å². The summed E-state index contributed by atoms with van der Waals surface area (Å²) in [4.78, 5) is 10.6. The van der Waals surface area contributed by atoms with Gasteiger partial charge in [0, 0.05) is 6.92 Å². The lowest BCUT2D eigenvalue weighted by Crippen LogP contribution is -2.23. The summed E-state index contributed by atoms with van der Waals surface area (Å²) >= 11 is 4.54. The van der Waals surface area contributed by atoms with Gasteiger partial charge >= 0.3 is 0 Å². The molecule has 3 heteroatoms. The van der Waals surface area contributed by atoms with E-state index in [2.05, 4.69) is 17.5 Å². The average Bonchev–Trinajstić information content (AvgIpc) is 1.68. The number of thiocarbonyl (C=S) groups is 1. The lowest BCUT2D eigenvalue weighted by atomic mass is 10.6. The molecule has 0 fully saturated rings. The summed E-state index contributed by atoms with van der Waals surface area (Å²) in [6, 6.07) is 0. The standard InChI is InChI=1S/C4H7NOS.C2H6/c1-3(6)5-4(2)7;1-2/h1-2H3,(H,5,6,7);1-2H3. The summed E-state index contributed by atoms with van der Waals surface area (Å²) < 4.78 is 0. The molecule has 0 spiro atoms. The molecule has 0 aliphatic heterocycles. The van der Waals surface area contributed by atoms with E-state index in [1.54, 1.807) is 6.92 Å². The normalized spacial score (nSPS) is 6.67. The lowest BCUT2D eigenvalue weighted by molar-refractivity contribution is -0.117. The molecule has 0 atom stereocenters. The highest BCUT2D eigenvalue weighted by molar-refractivity contribution is 7.80. The van der Waals surface area contributed by atoms with Gasteiger partial charge in [0.1, 0.15) is 0 Å². The number of carbonyl (C=O) groups is 1. The molecule has 0 aliphatic rings. The van der Waals surface area contributed by atoms with Gasteiger partial charge in [-0.25, -0.2) is 0 Å². The summed E-state index contributed by atoms with van der Waals surface area (Å²) in [5.41, 5.74) is 0. The highest BCUT2D eigenvalue weighted by atomic mass is 32.1. The van der Waals surface area contributed by atoms with E-state index in [9.17, 15) is 4.79 Å². The van der Waals surface area contributed by atoms with Gasteiger partial charge in [-0.3, -0.25) is 4.79 Å². The number of hydrogen-bond donors (Lipinski definition) is 1. The van der Waals surface area contributed by atoms with Crippen molar-refractivity contribution >= 4 is 23.1 Å². The number of nitrogens with one attached hydrogen (secondary N) is 1. The summed E-state index contributed by atoms with van der Waals surface area (Å²) in [6.07, 6.45) is 0. The first-order valence-corrected chi connectivity index (χ1v) is 3.32. The maximum Gasteiger partial charge on any atom is 0.221 e. The Balaban J connectivity index is 0. The number of hydrogen-bond acceptors (Lipinski definition) is 2. The second-order valence-electron chi connectivity index (χ2n) is 1.24. The van der Waals surface area contributed by atoms with Crippen molar-refractivity contribution in [1.29, 1.82) is 0 Å². The molecule has 54 valence electrons. The second-order valence-corrected chi connectivity index (χ2v) is 1.85. The van der Waals surface area contributed by atoms with Crippen LogP contribution in [0.1, 0.15) is 27.7 Å². The fraction of sp³-hybridized carbons (Fsp3) is 0.667. The van der Waals surface area contributed by atoms with Gasteiger partial charge in [0.2, 0.25) is 5.91 Å². The molecule has 9 heavy (non-hydrogen) atoms. The van der Waals surface area contributed by atoms with Crippen molar-refractivity contribution in [3.05, 3.63) is 0 Å². The Bertz CT molecular complexity index is 89.2. The van der Waals surface area contributed by atoms with Gasteiger partial charge in [0.05, 0.1) is 4.99 Å². The first kappa shape index (κ1) is 11.4. The molecule has 0 saturated heterocycles. The molecule has 0 unspecified atom stereocenters. The van der Waals surface area contributed by atoms with Gasteiger partial charge in [-0.05, 0) is 6.92 Å². The molecule has 0 radical (unpaired) electrons. The van der Waals surface area contributed by atoms with Gasteiger partial charge in [-0.15, -0.1) is 0 Å². The minimum Gasteiger partial charge on any atom is -0.321 e. The van der Waals surface area contributed by atoms with Gasteiger partial charge in [0.25, 0.3) is 0 Å². The van der Waals surface area contributed by atoms with Crippen LogP contribution < -0.4 is 5.32 Å². The second kappa shape index (κ2) is 7.56. The largest absolute Gasteiger partial charge is 0.321 e. The van der Waals surface area contributed by atoms with Crippen LogP contribution in [0.5, 0.6) is 0 Å². The van der Waals surface area contributed by atoms with Crippen LogP contribution in [0.2, 0.25) is 0 Å². The van der Waals surface area contributed by atoms with Crippen LogP contribution in [0, 0.1) is 0 Å². The molecule has 0 heterocycles. The monoisotopic (exact) mass is 147 g/mol. The van der Waals surface area contributed by atoms with Gasteiger partial charge in [-0.2, -0.15) is 0 Å². The molecule has 0 aromatic rings. The predicted molar refractivity (Wildman–Crippen MR) is 43.4 cm³/mol. The number of amides is 1. The molecular weight excluding hydrogens is 134 g/mol. The van der Waals surface area contributed by atoms with Crippen LogP contribution in [-0.4, -0.2) is 10.9 Å². The fourth-order valence-corrected chi connectivity index (χ4v) is 0.392. The SMILES string of the molecule is CC.CC(=O)NC(C)=S. The van der Waals surface area contributed by atoms with E-state index in [1.165, 1.54) is 6.92 Å². The van der Waals surface area contributed by atoms with E-state index in [-0.39, 0.29) is 5.91 Å². The molecule has 0 rings (SSSR count). The maximum absolute atomic E-state index is 10.1. The quantitative estimate of drug-likeness (QED) is 0.526. The molecule has 2 nitrogen and oxygen atoms in total. The summed E-state index contributed by atoms with van der Waals surface area (Å²) in [5.74, 6) is -0.104. The summed E-state index contributed by atoms with van der Waals surface area (Å²) in [5, 5.41) is 2.40. The van der Waals surface area contributed by atoms with Gasteiger partial charge < -0.3 is 5.32 Å². The zero-order valence-electron chi connectivity index (χ0n) is 6.32. The van der Waals surface area contributed by atoms with Crippen molar-refractivity contribution in [2.45, 2.75) is 27.7 Å². The Kier molecular flexibility index (Phi) is 9.55. The van der Waals surface area contributed by atoms with Crippen LogP contribution in [0.15, 0.2) is 0 Å². The Morgan fingerprint density at radius 3 is 1.67 bits per heavy atom. The number of rotatable bonds is 0. The van der Waals surface area contributed by atoms with Crippen LogP contribution in [0.4, 0.5) is 0 Å². The van der Waals surface area contributed by atoms with Crippen LogP contribution in [0.25, 0.3) is 0 Å². The maximum atomic E-state index is 10.1. The Morgan fingerprint density at radius 1 is 1.33 bits per heavy atom. The molecule has 1 N–H and O–H groups in total. The van der Waals surface area contributed by atoms with E-state index < -0.39 is 0 Å². The van der Waals surface area contributed by atoms with Crippen LogP contribution in [-0.2, 0) is 4.79 Å². The minimum atomic E-state index is -0.104. The zero-order chi connectivity index (χ0) is 7.86. The summed E-state index contributed by atoms with van der Waals surface area (Å²) in [7, 11) is 0. The minimum absolute atomic E-state index is 0.104. The first-order chi connectivity index (χ1) is 4.13. The van der Waals surface area contributed by atoms with E-state index in [0.717, 1.165) is 0 Å². The third-order valence-corrected chi connectivity index (χ3v) is 0.454. The van der Waals surface area contributed by atoms with E-state index in [1.807, 2.05) is 13.8 Å². The predicted octanol–water partition coefficient (Wildman–Crippen LogP) is 1.50. The highest BCUT2D eigenvalue weighted by Crippen LogP contribution is 1.65. The summed E-state index contributed by atoms with van der Waals surface area (Å²) in [6.45, 7) is 7.09. The molecule has 0 aliphatic carbocycles. The lowest BCUT2D eigenvalue weighted by Gasteiger charge is -1.91. The Hall–Kier alpha value is -0.440. The molecule has 1 amide bonds. The average molecular weight is 147 g/mol. The van der Waals surface area contributed by atoms with Crippen LogP contribution in [0.3, 0.4) is 0 Å². The Labute approximate surface area is 61.6 Å². The van der Waals surface area contributed by atoms with Crippen molar-refractivity contribution in [3.63, 3.8) is 0 Å². The van der Waals surface area contributed by atoms with Gasteiger partial charge in [-0.1, -0.05) is 26.1 Å². The van der Waals surface area contributed by atoms with Crippen LogP contribution >= 0.6 is 12.2 Å². The Morgan fingerprint density at radius 2 is 1.67 bits per heavy atom. The number of carbonyl (C=O) groups excluding carboxylic acids is 1. The highest BCUT2D eigenvalue weighted by Gasteiger charge is 1.86. The molecular formula is C6H13NOS. The van der Waals surface area contributed by atoms with Gasteiger partial charge in [0.15, 0.2) is 0 Å². The molecule has 0 aromatic carbocycles. The smallest absolute Gasteiger partial charge is 0.221 e. The molecule has 0 saturated carbocycles. The topological polar surface area (TPSA) is 29.1 Å². The van der Waals surface area contributed by atoms with Crippen molar-refractivity contribution in [1.82, 2.24) is 5.32 Å². The van der Waals surface area contributed by atoms with Crippen molar-refractivity contribution in [3.8, 4) is 0 Å². The third-order valence-electron chi connectivity index (χ3n) is 0.352. The van der Waals surface area contributed by atoms with E-state index >= 15 is 0 Å². The van der Waals surface area contributed by atoms with Crippen molar-refractivity contribution < 1.29 is 4.79 Å².